The summed E-state index contributed by atoms with van der Waals surface area (Å²) in [6.45, 7) is 6.07. The van der Waals surface area contributed by atoms with Crippen LogP contribution in [-0.4, -0.2) is 17.5 Å². The molecule has 1 amide bonds. The monoisotopic (exact) mass is 396 g/mol. The van der Waals surface area contributed by atoms with Crippen LogP contribution in [0.2, 0.25) is 0 Å². The summed E-state index contributed by atoms with van der Waals surface area (Å²) in [5, 5.41) is 7.09. The predicted molar refractivity (Wildman–Crippen MR) is 114 cm³/mol. The minimum absolute atomic E-state index is 0.0221. The van der Waals surface area contributed by atoms with Gasteiger partial charge in [-0.3, -0.25) is 4.79 Å². The van der Waals surface area contributed by atoms with E-state index in [1.807, 2.05) is 49.6 Å². The number of carbonyl (C=O) groups excluding carboxylic acids is 1. The van der Waals surface area contributed by atoms with Crippen molar-refractivity contribution >= 4 is 54.6 Å². The van der Waals surface area contributed by atoms with Crippen LogP contribution in [0.4, 0.5) is 5.69 Å². The molecule has 2 aromatic carbocycles. The van der Waals surface area contributed by atoms with Gasteiger partial charge in [0.1, 0.15) is 5.75 Å². The molecule has 4 rings (SSSR count). The molecule has 0 atom stereocenters. The van der Waals surface area contributed by atoms with Gasteiger partial charge in [-0.05, 0) is 42.8 Å². The highest BCUT2D eigenvalue weighted by Gasteiger charge is 2.14. The molecule has 4 nitrogen and oxygen atoms in total. The summed E-state index contributed by atoms with van der Waals surface area (Å²) in [5.41, 5.74) is 4.10. The Hall–Kier alpha value is -2.44. The number of benzene rings is 2. The zero-order valence-electron chi connectivity index (χ0n) is 15.5. The Kier molecular flexibility index (Phi) is 4.85. The van der Waals surface area contributed by atoms with Gasteiger partial charge in [0.25, 0.3) is 5.91 Å². The number of rotatable bonds is 5. The van der Waals surface area contributed by atoms with Crippen molar-refractivity contribution in [3.63, 3.8) is 0 Å². The second-order valence-electron chi connectivity index (χ2n) is 6.42. The SMILES string of the molecule is CCc1cccc(C)c1NC(=O)COc1cc2sc(C)nc2c2sccc12. The van der Waals surface area contributed by atoms with E-state index in [1.165, 1.54) is 0 Å². The van der Waals surface area contributed by atoms with Crippen LogP contribution in [0.15, 0.2) is 35.7 Å². The second-order valence-corrected chi connectivity index (χ2v) is 8.57. The highest BCUT2D eigenvalue weighted by molar-refractivity contribution is 7.21. The molecule has 138 valence electrons. The quantitative estimate of drug-likeness (QED) is 0.470. The largest absolute Gasteiger partial charge is 0.483 e. The van der Waals surface area contributed by atoms with Crippen molar-refractivity contribution in [3.8, 4) is 5.75 Å². The third kappa shape index (κ3) is 3.42. The molecule has 0 unspecified atom stereocenters. The van der Waals surface area contributed by atoms with Gasteiger partial charge in [0.15, 0.2) is 6.61 Å². The molecular weight excluding hydrogens is 376 g/mol. The van der Waals surface area contributed by atoms with Crippen molar-refractivity contribution in [2.75, 3.05) is 11.9 Å². The molecule has 2 heterocycles. The minimum Gasteiger partial charge on any atom is -0.483 e. The molecule has 1 N–H and O–H groups in total. The summed E-state index contributed by atoms with van der Waals surface area (Å²) in [5.74, 6) is 0.584. The zero-order valence-corrected chi connectivity index (χ0v) is 17.1. The normalized spacial score (nSPS) is 11.2. The Balaban J connectivity index is 1.56. The first-order chi connectivity index (χ1) is 13.1. The van der Waals surface area contributed by atoms with E-state index in [9.17, 15) is 4.79 Å². The summed E-state index contributed by atoms with van der Waals surface area (Å²) >= 11 is 3.29. The lowest BCUT2D eigenvalue weighted by molar-refractivity contribution is -0.118. The van der Waals surface area contributed by atoms with Crippen LogP contribution in [0.1, 0.15) is 23.1 Å². The number of aromatic nitrogens is 1. The van der Waals surface area contributed by atoms with E-state index in [0.29, 0.717) is 0 Å². The van der Waals surface area contributed by atoms with Gasteiger partial charge in [-0.15, -0.1) is 22.7 Å². The average molecular weight is 397 g/mol. The standard InChI is InChI=1S/C21H20N2O2S2/c1-4-14-7-5-6-12(2)19(14)23-18(24)11-25-16-10-17-20(22-13(3)27-17)21-15(16)8-9-26-21/h5-10H,4,11H2,1-3H3,(H,23,24). The van der Waals surface area contributed by atoms with Crippen LogP contribution in [0.3, 0.4) is 0 Å². The summed E-state index contributed by atoms with van der Waals surface area (Å²) in [6, 6.07) is 10.1. The van der Waals surface area contributed by atoms with E-state index < -0.39 is 0 Å². The van der Waals surface area contributed by atoms with Gasteiger partial charge < -0.3 is 10.1 Å². The van der Waals surface area contributed by atoms with E-state index in [1.54, 1.807) is 22.7 Å². The number of ether oxygens (including phenoxy) is 1. The summed E-state index contributed by atoms with van der Waals surface area (Å²) in [6.07, 6.45) is 0.870. The van der Waals surface area contributed by atoms with Crippen LogP contribution in [0, 0.1) is 13.8 Å². The van der Waals surface area contributed by atoms with Crippen LogP contribution in [-0.2, 0) is 11.2 Å². The molecule has 2 aromatic heterocycles. The van der Waals surface area contributed by atoms with Crippen LogP contribution >= 0.6 is 22.7 Å². The van der Waals surface area contributed by atoms with E-state index in [0.717, 1.165) is 54.3 Å². The number of aryl methyl sites for hydroxylation is 3. The van der Waals surface area contributed by atoms with Crippen molar-refractivity contribution in [2.24, 2.45) is 0 Å². The number of nitrogens with one attached hydrogen (secondary N) is 1. The molecule has 0 aliphatic rings. The Bertz CT molecular complexity index is 1140. The maximum atomic E-state index is 12.5. The van der Waals surface area contributed by atoms with E-state index in [-0.39, 0.29) is 12.5 Å². The van der Waals surface area contributed by atoms with Gasteiger partial charge in [-0.25, -0.2) is 4.98 Å². The summed E-state index contributed by atoms with van der Waals surface area (Å²) in [4.78, 5) is 17.1. The Morgan fingerprint density at radius 2 is 2.11 bits per heavy atom. The number of hydrogen-bond acceptors (Lipinski definition) is 5. The molecule has 0 saturated heterocycles. The summed E-state index contributed by atoms with van der Waals surface area (Å²) in [7, 11) is 0. The number of thiazole rings is 1. The molecule has 27 heavy (non-hydrogen) atoms. The lowest BCUT2D eigenvalue weighted by Gasteiger charge is -2.13. The Labute approximate surface area is 165 Å². The molecule has 6 heteroatoms. The summed E-state index contributed by atoms with van der Waals surface area (Å²) < 4.78 is 8.11. The van der Waals surface area contributed by atoms with Gasteiger partial charge in [-0.2, -0.15) is 0 Å². The Morgan fingerprint density at radius 3 is 2.93 bits per heavy atom. The molecular formula is C21H20N2O2S2. The molecule has 0 spiro atoms. The van der Waals surface area contributed by atoms with Crippen LogP contribution in [0.5, 0.6) is 5.75 Å². The van der Waals surface area contributed by atoms with Crippen molar-refractivity contribution in [1.29, 1.82) is 0 Å². The minimum atomic E-state index is -0.150. The van der Waals surface area contributed by atoms with Gasteiger partial charge in [0.05, 0.1) is 19.9 Å². The molecule has 0 aliphatic carbocycles. The molecule has 0 radical (unpaired) electrons. The van der Waals surface area contributed by atoms with Crippen LogP contribution in [0.25, 0.3) is 20.3 Å². The van der Waals surface area contributed by atoms with Gasteiger partial charge in [0, 0.05) is 17.1 Å². The molecule has 0 bridgehead atoms. The molecule has 0 fully saturated rings. The number of fused-ring (bicyclic) bond motifs is 3. The first-order valence-electron chi connectivity index (χ1n) is 8.85. The number of thiophene rings is 1. The van der Waals surface area contributed by atoms with Crippen molar-refractivity contribution in [2.45, 2.75) is 27.2 Å². The van der Waals surface area contributed by atoms with Gasteiger partial charge in [0.2, 0.25) is 0 Å². The lowest BCUT2D eigenvalue weighted by Crippen LogP contribution is -2.21. The average Bonchev–Trinajstić information content (AvgIpc) is 3.27. The fourth-order valence-electron chi connectivity index (χ4n) is 3.23. The van der Waals surface area contributed by atoms with E-state index >= 15 is 0 Å². The van der Waals surface area contributed by atoms with Crippen molar-refractivity contribution in [1.82, 2.24) is 4.98 Å². The third-order valence-corrected chi connectivity index (χ3v) is 6.37. The number of para-hydroxylation sites is 1. The number of carbonyl (C=O) groups is 1. The fraction of sp³-hybridized carbons (Fsp3) is 0.238. The highest BCUT2D eigenvalue weighted by atomic mass is 32.1. The second kappa shape index (κ2) is 7.29. The lowest BCUT2D eigenvalue weighted by atomic mass is 10.1. The Morgan fingerprint density at radius 1 is 1.26 bits per heavy atom. The third-order valence-electron chi connectivity index (χ3n) is 4.53. The van der Waals surface area contributed by atoms with Crippen molar-refractivity contribution < 1.29 is 9.53 Å². The number of anilines is 1. The van der Waals surface area contributed by atoms with Gasteiger partial charge >= 0.3 is 0 Å². The number of amides is 1. The number of nitrogens with zero attached hydrogens (tertiary/aromatic N) is 1. The maximum Gasteiger partial charge on any atom is 0.262 e. The molecule has 0 saturated carbocycles. The van der Waals surface area contributed by atoms with E-state index in [2.05, 4.69) is 17.2 Å². The van der Waals surface area contributed by atoms with E-state index in [4.69, 9.17) is 4.74 Å². The first-order valence-corrected chi connectivity index (χ1v) is 10.5. The van der Waals surface area contributed by atoms with Crippen LogP contribution < -0.4 is 10.1 Å². The first kappa shape index (κ1) is 17.9. The zero-order chi connectivity index (χ0) is 19.0. The topological polar surface area (TPSA) is 51.2 Å². The smallest absolute Gasteiger partial charge is 0.262 e. The maximum absolute atomic E-state index is 12.5. The number of hydrogen-bond donors (Lipinski definition) is 1. The molecule has 0 aliphatic heterocycles. The molecule has 4 aromatic rings. The fourth-order valence-corrected chi connectivity index (χ4v) is 5.06. The van der Waals surface area contributed by atoms with Crippen molar-refractivity contribution in [3.05, 3.63) is 51.8 Å². The highest BCUT2D eigenvalue weighted by Crippen LogP contribution is 2.38. The predicted octanol–water partition coefficient (Wildman–Crippen LogP) is 5.71. The van der Waals surface area contributed by atoms with Gasteiger partial charge in [-0.1, -0.05) is 25.1 Å².